The van der Waals surface area contributed by atoms with Crippen molar-refractivity contribution >= 4 is 40.4 Å². The molecule has 0 atom stereocenters. The van der Waals surface area contributed by atoms with E-state index in [9.17, 15) is 4.79 Å². The molecule has 1 amide bonds. The summed E-state index contributed by atoms with van der Waals surface area (Å²) in [5.74, 6) is 0.992. The molecule has 1 aromatic carbocycles. The Morgan fingerprint density at radius 1 is 1.12 bits per heavy atom. The van der Waals surface area contributed by atoms with Crippen molar-refractivity contribution in [1.29, 1.82) is 0 Å². The van der Waals surface area contributed by atoms with Gasteiger partial charge in [0, 0.05) is 30.0 Å². The van der Waals surface area contributed by atoms with Crippen molar-refractivity contribution in [3.05, 3.63) is 41.2 Å². The Morgan fingerprint density at radius 3 is 2.61 bits per heavy atom. The molecule has 0 radical (unpaired) electrons. The zero-order chi connectivity index (χ0) is 23.5. The molecule has 33 heavy (non-hydrogen) atoms. The average Bonchev–Trinajstić information content (AvgIpc) is 3.38. The molecular formula is C23H30N8OS. The van der Waals surface area contributed by atoms with E-state index in [0.29, 0.717) is 16.9 Å². The van der Waals surface area contributed by atoms with Gasteiger partial charge in [0.1, 0.15) is 0 Å². The molecule has 174 valence electrons. The number of anilines is 1. The summed E-state index contributed by atoms with van der Waals surface area (Å²) in [5.41, 5.74) is 4.39. The van der Waals surface area contributed by atoms with Crippen molar-refractivity contribution in [2.45, 2.75) is 45.8 Å². The van der Waals surface area contributed by atoms with Crippen molar-refractivity contribution < 1.29 is 4.79 Å². The molecule has 4 rings (SSSR count). The van der Waals surface area contributed by atoms with Crippen LogP contribution >= 0.6 is 11.8 Å². The summed E-state index contributed by atoms with van der Waals surface area (Å²) < 4.78 is 3.80. The number of carbonyl (C=O) groups is 1. The number of imidazole rings is 1. The Labute approximate surface area is 197 Å². The Bertz CT molecular complexity index is 1290. The van der Waals surface area contributed by atoms with Gasteiger partial charge in [-0.05, 0) is 45.3 Å². The van der Waals surface area contributed by atoms with E-state index < -0.39 is 0 Å². The molecule has 10 heteroatoms. The van der Waals surface area contributed by atoms with E-state index in [0.717, 1.165) is 54.2 Å². The molecule has 0 aliphatic rings. The number of carbonyl (C=O) groups excluding carboxylic acids is 1. The lowest BCUT2D eigenvalue weighted by molar-refractivity contribution is -0.115. The van der Waals surface area contributed by atoms with Crippen LogP contribution in [0.25, 0.3) is 16.8 Å². The Balaban J connectivity index is 1.60. The van der Waals surface area contributed by atoms with Gasteiger partial charge in [-0.15, -0.1) is 5.10 Å². The maximum absolute atomic E-state index is 13.1. The van der Waals surface area contributed by atoms with Crippen LogP contribution in [-0.2, 0) is 17.8 Å². The van der Waals surface area contributed by atoms with Gasteiger partial charge in [-0.1, -0.05) is 37.7 Å². The van der Waals surface area contributed by atoms with Crippen LogP contribution in [0.3, 0.4) is 0 Å². The summed E-state index contributed by atoms with van der Waals surface area (Å²) in [6, 6.07) is 7.97. The highest BCUT2D eigenvalue weighted by Gasteiger charge is 2.18. The molecule has 0 fully saturated rings. The van der Waals surface area contributed by atoms with Crippen molar-refractivity contribution in [2.75, 3.05) is 31.2 Å². The van der Waals surface area contributed by atoms with Crippen LogP contribution in [0.1, 0.15) is 30.8 Å². The maximum atomic E-state index is 13.1. The number of likely N-dealkylation sites (N-methyl/N-ethyl adjacent to an activating group) is 1. The number of aryl methyl sites for hydroxylation is 2. The van der Waals surface area contributed by atoms with Gasteiger partial charge in [-0.3, -0.25) is 10.1 Å². The van der Waals surface area contributed by atoms with Gasteiger partial charge in [0.2, 0.25) is 17.0 Å². The lowest BCUT2D eigenvalue weighted by atomic mass is 10.1. The Kier molecular flexibility index (Phi) is 6.94. The average molecular weight is 467 g/mol. The number of aromatic nitrogens is 6. The molecule has 0 saturated carbocycles. The first-order valence-electron chi connectivity index (χ1n) is 11.2. The fourth-order valence-electron chi connectivity index (χ4n) is 4.04. The third-order valence-electron chi connectivity index (χ3n) is 5.99. The van der Waals surface area contributed by atoms with Crippen LogP contribution in [0.5, 0.6) is 0 Å². The molecule has 4 aromatic rings. The fourth-order valence-corrected chi connectivity index (χ4v) is 4.38. The SMILES string of the molecule is CCN(CC)CCn1c(NC(=O)Cc2c(C)nc3nc(SC)nn3c2C)nc2ccccc21. The standard InChI is InChI=1S/C23H30N8OS/c1-6-29(7-2)12-13-30-19-11-9-8-10-18(19)25-21(30)26-20(32)14-17-15(3)24-22-27-23(33-5)28-31(22)16(17)4/h8-11H,6-7,12-14H2,1-5H3,(H,25,26,32). The van der Waals surface area contributed by atoms with Gasteiger partial charge >= 0.3 is 0 Å². The Hall–Kier alpha value is -2.98. The first-order chi connectivity index (χ1) is 15.9. The molecule has 3 aromatic heterocycles. The topological polar surface area (TPSA) is 93.2 Å². The maximum Gasteiger partial charge on any atom is 0.253 e. The summed E-state index contributed by atoms with van der Waals surface area (Å²) in [6.07, 6.45) is 2.12. The number of nitrogens with one attached hydrogen (secondary N) is 1. The quantitative estimate of drug-likeness (QED) is 0.378. The van der Waals surface area contributed by atoms with E-state index in [1.807, 2.05) is 44.4 Å². The molecule has 0 aliphatic carbocycles. The predicted octanol–water partition coefficient (Wildman–Crippen LogP) is 3.34. The lowest BCUT2D eigenvalue weighted by Crippen LogP contribution is -2.28. The second-order valence-corrected chi connectivity index (χ2v) is 8.67. The van der Waals surface area contributed by atoms with E-state index >= 15 is 0 Å². The van der Waals surface area contributed by atoms with Crippen molar-refractivity contribution in [2.24, 2.45) is 0 Å². The third-order valence-corrected chi connectivity index (χ3v) is 6.53. The molecular weight excluding hydrogens is 436 g/mol. The number of benzene rings is 1. The smallest absolute Gasteiger partial charge is 0.253 e. The zero-order valence-electron chi connectivity index (χ0n) is 19.8. The summed E-state index contributed by atoms with van der Waals surface area (Å²) in [5, 5.41) is 8.18. The molecule has 0 unspecified atom stereocenters. The first-order valence-corrected chi connectivity index (χ1v) is 12.4. The van der Waals surface area contributed by atoms with E-state index in [1.54, 1.807) is 4.52 Å². The summed E-state index contributed by atoms with van der Waals surface area (Å²) >= 11 is 1.47. The van der Waals surface area contributed by atoms with Crippen LogP contribution in [0.4, 0.5) is 5.95 Å². The highest BCUT2D eigenvalue weighted by Crippen LogP contribution is 2.21. The summed E-state index contributed by atoms with van der Waals surface area (Å²) in [7, 11) is 0. The zero-order valence-corrected chi connectivity index (χ0v) is 20.6. The van der Waals surface area contributed by atoms with E-state index in [4.69, 9.17) is 4.98 Å². The van der Waals surface area contributed by atoms with Crippen molar-refractivity contribution in [3.8, 4) is 0 Å². The summed E-state index contributed by atoms with van der Waals surface area (Å²) in [4.78, 5) is 29.1. The summed E-state index contributed by atoms with van der Waals surface area (Å²) in [6.45, 7) is 11.8. The van der Waals surface area contributed by atoms with Gasteiger partial charge < -0.3 is 9.47 Å². The number of rotatable bonds is 9. The number of para-hydroxylation sites is 2. The predicted molar refractivity (Wildman–Crippen MR) is 132 cm³/mol. The molecule has 0 saturated heterocycles. The van der Waals surface area contributed by atoms with Crippen LogP contribution in [0, 0.1) is 13.8 Å². The molecule has 0 bridgehead atoms. The molecule has 3 heterocycles. The molecule has 0 spiro atoms. The first kappa shape index (κ1) is 23.2. The Morgan fingerprint density at radius 2 is 1.88 bits per heavy atom. The second kappa shape index (κ2) is 9.88. The third kappa shape index (κ3) is 4.72. The van der Waals surface area contributed by atoms with E-state index in [1.165, 1.54) is 11.8 Å². The van der Waals surface area contributed by atoms with Gasteiger partial charge in [-0.2, -0.15) is 4.98 Å². The number of hydrogen-bond donors (Lipinski definition) is 1. The van der Waals surface area contributed by atoms with Crippen LogP contribution in [-0.4, -0.2) is 65.8 Å². The number of fused-ring (bicyclic) bond motifs is 2. The fraction of sp³-hybridized carbons (Fsp3) is 0.435. The minimum atomic E-state index is -0.132. The minimum absolute atomic E-state index is 0.132. The molecule has 1 N–H and O–H groups in total. The largest absolute Gasteiger partial charge is 0.309 e. The normalized spacial score (nSPS) is 11.7. The number of thioether (sulfide) groups is 1. The van der Waals surface area contributed by atoms with Crippen LogP contribution < -0.4 is 5.32 Å². The lowest BCUT2D eigenvalue weighted by Gasteiger charge is -2.19. The van der Waals surface area contributed by atoms with Crippen molar-refractivity contribution in [1.82, 2.24) is 34.0 Å². The highest BCUT2D eigenvalue weighted by atomic mass is 32.2. The van der Waals surface area contributed by atoms with Crippen molar-refractivity contribution in [3.63, 3.8) is 0 Å². The molecule has 0 aliphatic heterocycles. The number of hydrogen-bond acceptors (Lipinski definition) is 7. The van der Waals surface area contributed by atoms with Gasteiger partial charge in [0.15, 0.2) is 0 Å². The molecule has 9 nitrogen and oxygen atoms in total. The van der Waals surface area contributed by atoms with Gasteiger partial charge in [0.05, 0.1) is 17.5 Å². The van der Waals surface area contributed by atoms with E-state index in [2.05, 4.69) is 43.7 Å². The van der Waals surface area contributed by atoms with E-state index in [-0.39, 0.29) is 12.3 Å². The van der Waals surface area contributed by atoms with Gasteiger partial charge in [-0.25, -0.2) is 14.5 Å². The van der Waals surface area contributed by atoms with Gasteiger partial charge in [0.25, 0.3) is 5.78 Å². The highest BCUT2D eigenvalue weighted by molar-refractivity contribution is 7.98. The number of amides is 1. The second-order valence-electron chi connectivity index (χ2n) is 7.90. The monoisotopic (exact) mass is 466 g/mol. The van der Waals surface area contributed by atoms with Crippen LogP contribution in [0.15, 0.2) is 29.4 Å². The van der Waals surface area contributed by atoms with Crippen LogP contribution in [0.2, 0.25) is 0 Å². The minimum Gasteiger partial charge on any atom is -0.309 e. The number of nitrogens with zero attached hydrogens (tertiary/aromatic N) is 7.